The van der Waals surface area contributed by atoms with E-state index in [2.05, 4.69) is 67.4 Å². The Bertz CT molecular complexity index is 395. The predicted molar refractivity (Wildman–Crippen MR) is 84.1 cm³/mol. The Kier molecular flexibility index (Phi) is 4.70. The van der Waals surface area contributed by atoms with Gasteiger partial charge in [-0.05, 0) is 64.0 Å². The molecule has 1 N–H and O–H groups in total. The molecule has 1 aromatic rings. The van der Waals surface area contributed by atoms with Crippen molar-refractivity contribution >= 4 is 11.4 Å². The third kappa shape index (κ3) is 3.87. The van der Waals surface area contributed by atoms with Crippen LogP contribution in [0.3, 0.4) is 0 Å². The van der Waals surface area contributed by atoms with Crippen LogP contribution in [0.15, 0.2) is 24.3 Å². The monoisotopic (exact) mass is 261 g/mol. The zero-order valence-corrected chi connectivity index (χ0v) is 12.7. The van der Waals surface area contributed by atoms with Gasteiger partial charge in [-0.1, -0.05) is 6.07 Å². The highest BCUT2D eigenvalue weighted by molar-refractivity contribution is 5.57. The third-order valence-corrected chi connectivity index (χ3v) is 4.23. The largest absolute Gasteiger partial charge is 0.382 e. The second-order valence-corrected chi connectivity index (χ2v) is 6.02. The zero-order valence-electron chi connectivity index (χ0n) is 12.7. The number of nitrogens with one attached hydrogen (secondary N) is 1. The van der Waals surface area contributed by atoms with Crippen molar-refractivity contribution in [2.75, 3.05) is 44.4 Å². The number of anilines is 2. The highest BCUT2D eigenvalue weighted by Crippen LogP contribution is 2.24. The fourth-order valence-electron chi connectivity index (χ4n) is 2.78. The van der Waals surface area contributed by atoms with Crippen LogP contribution in [-0.2, 0) is 0 Å². The Morgan fingerprint density at radius 1 is 1.26 bits per heavy atom. The summed E-state index contributed by atoms with van der Waals surface area (Å²) < 4.78 is 0. The summed E-state index contributed by atoms with van der Waals surface area (Å²) in [5.74, 6) is 0.791. The molecule has 3 nitrogen and oxygen atoms in total. The van der Waals surface area contributed by atoms with Gasteiger partial charge in [-0.15, -0.1) is 0 Å². The van der Waals surface area contributed by atoms with Crippen LogP contribution in [0.4, 0.5) is 11.4 Å². The Balaban J connectivity index is 1.94. The minimum atomic E-state index is 0.547. The number of rotatable bonds is 4. The van der Waals surface area contributed by atoms with Crippen molar-refractivity contribution in [2.45, 2.75) is 25.8 Å². The first-order valence-corrected chi connectivity index (χ1v) is 7.28. The molecule has 0 spiro atoms. The average Bonchev–Trinajstić information content (AvgIpc) is 2.39. The van der Waals surface area contributed by atoms with E-state index < -0.39 is 0 Å². The van der Waals surface area contributed by atoms with E-state index in [4.69, 9.17) is 0 Å². The van der Waals surface area contributed by atoms with Crippen LogP contribution in [0.2, 0.25) is 0 Å². The van der Waals surface area contributed by atoms with E-state index in [1.54, 1.807) is 0 Å². The standard InChI is InChI=1S/C16H27N3/c1-13(14-8-10-19(4)11-9-14)17-15-6-5-7-16(12-15)18(2)3/h5-7,12-14,17H,8-11H2,1-4H3. The fourth-order valence-corrected chi connectivity index (χ4v) is 2.78. The molecule has 0 saturated carbocycles. The lowest BCUT2D eigenvalue weighted by Gasteiger charge is -2.33. The highest BCUT2D eigenvalue weighted by Gasteiger charge is 2.22. The summed E-state index contributed by atoms with van der Waals surface area (Å²) >= 11 is 0. The van der Waals surface area contributed by atoms with Gasteiger partial charge in [-0.2, -0.15) is 0 Å². The molecule has 1 aliphatic heterocycles. The molecule has 1 heterocycles. The maximum absolute atomic E-state index is 3.68. The molecule has 3 heteroatoms. The molecular weight excluding hydrogens is 234 g/mol. The molecule has 1 aliphatic rings. The maximum Gasteiger partial charge on any atom is 0.0381 e. The number of piperidine rings is 1. The molecule has 19 heavy (non-hydrogen) atoms. The number of benzene rings is 1. The highest BCUT2D eigenvalue weighted by atomic mass is 15.1. The minimum Gasteiger partial charge on any atom is -0.382 e. The van der Waals surface area contributed by atoms with Gasteiger partial charge in [-0.25, -0.2) is 0 Å². The molecule has 0 amide bonds. The van der Waals surface area contributed by atoms with Crippen LogP contribution in [0, 0.1) is 5.92 Å². The van der Waals surface area contributed by atoms with Gasteiger partial charge in [-0.3, -0.25) is 0 Å². The molecule has 0 aromatic heterocycles. The van der Waals surface area contributed by atoms with Crippen molar-refractivity contribution in [2.24, 2.45) is 5.92 Å². The number of hydrogen-bond donors (Lipinski definition) is 1. The minimum absolute atomic E-state index is 0.547. The van der Waals surface area contributed by atoms with E-state index in [1.165, 1.54) is 37.3 Å². The van der Waals surface area contributed by atoms with Crippen LogP contribution < -0.4 is 10.2 Å². The SMILES string of the molecule is CC(Nc1cccc(N(C)C)c1)C1CCN(C)CC1. The van der Waals surface area contributed by atoms with Gasteiger partial charge in [0.2, 0.25) is 0 Å². The summed E-state index contributed by atoms with van der Waals surface area (Å²) in [6.45, 7) is 4.78. The topological polar surface area (TPSA) is 18.5 Å². The average molecular weight is 261 g/mol. The van der Waals surface area contributed by atoms with E-state index in [1.807, 2.05) is 0 Å². The Hall–Kier alpha value is -1.22. The summed E-state index contributed by atoms with van der Waals surface area (Å²) in [6.07, 6.45) is 2.61. The van der Waals surface area contributed by atoms with Crippen LogP contribution in [-0.4, -0.2) is 45.2 Å². The van der Waals surface area contributed by atoms with E-state index in [0.29, 0.717) is 6.04 Å². The lowest BCUT2D eigenvalue weighted by molar-refractivity contribution is 0.208. The molecule has 106 valence electrons. The first-order chi connectivity index (χ1) is 9.06. The summed E-state index contributed by atoms with van der Waals surface area (Å²) in [5.41, 5.74) is 2.48. The van der Waals surface area contributed by atoms with Crippen LogP contribution in [0.1, 0.15) is 19.8 Å². The van der Waals surface area contributed by atoms with Gasteiger partial charge in [0.1, 0.15) is 0 Å². The van der Waals surface area contributed by atoms with Crippen LogP contribution >= 0.6 is 0 Å². The van der Waals surface area contributed by atoms with E-state index >= 15 is 0 Å². The molecule has 1 saturated heterocycles. The summed E-state index contributed by atoms with van der Waals surface area (Å²) in [5, 5.41) is 3.68. The van der Waals surface area contributed by atoms with Crippen molar-refractivity contribution in [3.8, 4) is 0 Å². The van der Waals surface area contributed by atoms with Crippen molar-refractivity contribution < 1.29 is 0 Å². The molecule has 1 aromatic carbocycles. The van der Waals surface area contributed by atoms with Crippen LogP contribution in [0.5, 0.6) is 0 Å². The van der Waals surface area contributed by atoms with Crippen molar-refractivity contribution in [3.63, 3.8) is 0 Å². The molecule has 0 aliphatic carbocycles. The summed E-state index contributed by atoms with van der Waals surface area (Å²) in [6, 6.07) is 9.21. The summed E-state index contributed by atoms with van der Waals surface area (Å²) in [4.78, 5) is 4.57. The van der Waals surface area contributed by atoms with Crippen molar-refractivity contribution in [1.29, 1.82) is 0 Å². The molecule has 1 unspecified atom stereocenters. The van der Waals surface area contributed by atoms with Gasteiger partial charge in [0.25, 0.3) is 0 Å². The van der Waals surface area contributed by atoms with Crippen molar-refractivity contribution in [3.05, 3.63) is 24.3 Å². The van der Waals surface area contributed by atoms with Gasteiger partial charge in [0, 0.05) is 31.5 Å². The van der Waals surface area contributed by atoms with E-state index in [9.17, 15) is 0 Å². The quantitative estimate of drug-likeness (QED) is 0.899. The van der Waals surface area contributed by atoms with E-state index in [-0.39, 0.29) is 0 Å². The second kappa shape index (κ2) is 6.29. The molecule has 0 bridgehead atoms. The Labute approximate surface area is 117 Å². The lowest BCUT2D eigenvalue weighted by Crippen LogP contribution is -2.37. The van der Waals surface area contributed by atoms with Gasteiger partial charge < -0.3 is 15.1 Å². The maximum atomic E-state index is 3.68. The first kappa shape index (κ1) is 14.2. The van der Waals surface area contributed by atoms with Crippen molar-refractivity contribution in [1.82, 2.24) is 4.90 Å². The predicted octanol–water partition coefficient (Wildman–Crippen LogP) is 2.89. The number of hydrogen-bond acceptors (Lipinski definition) is 3. The smallest absolute Gasteiger partial charge is 0.0381 e. The Morgan fingerprint density at radius 2 is 1.95 bits per heavy atom. The van der Waals surface area contributed by atoms with Crippen LogP contribution in [0.25, 0.3) is 0 Å². The molecular formula is C16H27N3. The third-order valence-electron chi connectivity index (χ3n) is 4.23. The summed E-state index contributed by atoms with van der Waals surface area (Å²) in [7, 11) is 6.38. The molecule has 0 radical (unpaired) electrons. The fraction of sp³-hybridized carbons (Fsp3) is 0.625. The Morgan fingerprint density at radius 3 is 2.58 bits per heavy atom. The van der Waals surface area contributed by atoms with E-state index in [0.717, 1.165) is 5.92 Å². The molecule has 1 atom stereocenters. The van der Waals surface area contributed by atoms with Gasteiger partial charge in [0.15, 0.2) is 0 Å². The normalized spacial score (nSPS) is 19.2. The van der Waals surface area contributed by atoms with Gasteiger partial charge in [0.05, 0.1) is 0 Å². The lowest BCUT2D eigenvalue weighted by atomic mass is 9.90. The number of likely N-dealkylation sites (tertiary alicyclic amines) is 1. The second-order valence-electron chi connectivity index (χ2n) is 6.02. The first-order valence-electron chi connectivity index (χ1n) is 7.28. The number of nitrogens with zero attached hydrogens (tertiary/aromatic N) is 2. The van der Waals surface area contributed by atoms with Gasteiger partial charge >= 0.3 is 0 Å². The molecule has 1 fully saturated rings. The molecule has 2 rings (SSSR count). The zero-order chi connectivity index (χ0) is 13.8.